The molecule has 9 nitrogen and oxygen atoms in total. The fraction of sp³-hybridized carbons (Fsp3) is 0.645. The lowest BCUT2D eigenvalue weighted by Gasteiger charge is -2.35. The number of primary amides is 1. The maximum Gasteiger partial charge on any atom is 0.408 e. The maximum atomic E-state index is 13.6. The minimum absolute atomic E-state index is 0.135. The van der Waals surface area contributed by atoms with Crippen molar-refractivity contribution in [3.8, 4) is 0 Å². The summed E-state index contributed by atoms with van der Waals surface area (Å²) in [5, 5.41) is 14.7. The fourth-order valence-corrected chi connectivity index (χ4v) is 5.72. The number of amides is 3. The number of carbonyl (C=O) groups is 3. The summed E-state index contributed by atoms with van der Waals surface area (Å²) >= 11 is 0. The molecule has 0 radical (unpaired) electrons. The van der Waals surface area contributed by atoms with Crippen LogP contribution in [0.1, 0.15) is 72.3 Å². The number of nitrogens with zero attached hydrogens (tertiary/aromatic N) is 2. The number of rotatable bonds is 11. The van der Waals surface area contributed by atoms with Crippen molar-refractivity contribution in [3.05, 3.63) is 48.0 Å². The van der Waals surface area contributed by atoms with Crippen LogP contribution in [0, 0.1) is 11.8 Å². The van der Waals surface area contributed by atoms with Crippen molar-refractivity contribution >= 4 is 17.9 Å². The minimum atomic E-state index is -0.927. The van der Waals surface area contributed by atoms with Crippen LogP contribution in [0.5, 0.6) is 0 Å². The molecule has 0 saturated carbocycles. The molecule has 0 aromatic heterocycles. The van der Waals surface area contributed by atoms with Crippen LogP contribution in [0.15, 0.2) is 42.5 Å². The van der Waals surface area contributed by atoms with Gasteiger partial charge in [0.15, 0.2) is 0 Å². The highest BCUT2D eigenvalue weighted by atomic mass is 16.6. The van der Waals surface area contributed by atoms with E-state index in [-0.39, 0.29) is 17.9 Å². The Morgan fingerprint density at radius 1 is 1.07 bits per heavy atom. The molecule has 2 aliphatic heterocycles. The zero-order chi connectivity index (χ0) is 29.4. The number of hydrogen-bond donors (Lipinski definition) is 3. The van der Waals surface area contributed by atoms with Gasteiger partial charge in [0.2, 0.25) is 11.8 Å². The summed E-state index contributed by atoms with van der Waals surface area (Å²) in [4.78, 5) is 41.5. The molecule has 0 bridgehead atoms. The van der Waals surface area contributed by atoms with Crippen molar-refractivity contribution in [2.45, 2.75) is 103 Å². The van der Waals surface area contributed by atoms with Gasteiger partial charge in [0.25, 0.3) is 0 Å². The Balaban J connectivity index is 1.83. The van der Waals surface area contributed by atoms with Crippen LogP contribution in [0.25, 0.3) is 0 Å². The summed E-state index contributed by atoms with van der Waals surface area (Å²) in [6, 6.07) is 8.56. The van der Waals surface area contributed by atoms with Crippen LogP contribution in [-0.4, -0.2) is 75.9 Å². The summed E-state index contributed by atoms with van der Waals surface area (Å²) < 4.78 is 5.48. The molecule has 40 heavy (non-hydrogen) atoms. The van der Waals surface area contributed by atoms with Crippen molar-refractivity contribution in [1.82, 2.24) is 15.1 Å². The van der Waals surface area contributed by atoms with Gasteiger partial charge in [-0.3, -0.25) is 14.5 Å². The first-order chi connectivity index (χ1) is 18.9. The zero-order valence-electron chi connectivity index (χ0n) is 24.7. The molecule has 2 aliphatic rings. The molecule has 2 heterocycles. The second kappa shape index (κ2) is 14.1. The molecule has 1 aromatic carbocycles. The highest BCUT2D eigenvalue weighted by molar-refractivity contribution is 5.89. The second-order valence-electron chi connectivity index (χ2n) is 12.5. The summed E-state index contributed by atoms with van der Waals surface area (Å²) in [5.41, 5.74) is 6.03. The van der Waals surface area contributed by atoms with Crippen LogP contribution < -0.4 is 11.1 Å². The smallest absolute Gasteiger partial charge is 0.408 e. The van der Waals surface area contributed by atoms with Crippen LogP contribution in [0.4, 0.5) is 4.79 Å². The number of ether oxygens (including phenoxy) is 1. The van der Waals surface area contributed by atoms with Crippen molar-refractivity contribution in [3.63, 3.8) is 0 Å². The van der Waals surface area contributed by atoms with E-state index in [2.05, 4.69) is 19.2 Å². The topological polar surface area (TPSA) is 125 Å². The van der Waals surface area contributed by atoms with Crippen molar-refractivity contribution in [2.24, 2.45) is 17.6 Å². The molecule has 0 aliphatic carbocycles. The van der Waals surface area contributed by atoms with E-state index in [1.54, 1.807) is 4.90 Å². The lowest BCUT2D eigenvalue weighted by atomic mass is 9.94. The number of aliphatic hydroxyl groups excluding tert-OH is 1. The van der Waals surface area contributed by atoms with Gasteiger partial charge in [-0.25, -0.2) is 4.79 Å². The Hall–Kier alpha value is -2.91. The maximum absolute atomic E-state index is 13.6. The van der Waals surface area contributed by atoms with Crippen LogP contribution >= 0.6 is 0 Å². The van der Waals surface area contributed by atoms with Gasteiger partial charge in [-0.05, 0) is 70.8 Å². The summed E-state index contributed by atoms with van der Waals surface area (Å²) in [6.45, 7) is 10.7. The first-order valence-electron chi connectivity index (χ1n) is 14.6. The van der Waals surface area contributed by atoms with Gasteiger partial charge in [-0.15, -0.1) is 0 Å². The lowest BCUT2D eigenvalue weighted by molar-refractivity contribution is -0.145. The molecule has 5 atom stereocenters. The Labute approximate surface area is 239 Å². The molecule has 4 N–H and O–H groups in total. The molecule has 3 amide bonds. The number of aliphatic hydroxyl groups is 1. The van der Waals surface area contributed by atoms with Gasteiger partial charge < -0.3 is 25.8 Å². The fourth-order valence-electron chi connectivity index (χ4n) is 5.72. The molecule has 0 spiro atoms. The Morgan fingerprint density at radius 2 is 1.73 bits per heavy atom. The molecular formula is C31H48N4O5. The Kier molecular flexibility index (Phi) is 11.2. The molecule has 2 fully saturated rings. The SMILES string of the molecule is CC(C)C[C@@H](/C=C/[C@H](Cc1ccccc1)C(O)N1CCC[C@H]1C(=O)N1CCC[C@H]1C(N)=O)NC(=O)OC(C)(C)C. The van der Waals surface area contributed by atoms with Crippen LogP contribution in [0.2, 0.25) is 0 Å². The standard InChI is InChI=1S/C31H48N4O5/c1-21(2)19-24(33-30(39)40-31(3,4)5)16-15-23(20-22-11-7-6-8-12-22)28(37)35-18-10-14-26(35)29(38)34-17-9-13-25(34)27(32)36/h6-8,11-12,15-16,21,23-26,28,37H,9-10,13-14,17-20H2,1-5H3,(H2,32,36)(H,33,39)/b16-15+/t23-,24-,25+,26+,28?/m1/s1. The van der Waals surface area contributed by atoms with Crippen molar-refractivity contribution in [1.29, 1.82) is 0 Å². The van der Waals surface area contributed by atoms with Gasteiger partial charge >= 0.3 is 6.09 Å². The van der Waals surface area contributed by atoms with Crippen molar-refractivity contribution in [2.75, 3.05) is 13.1 Å². The summed E-state index contributed by atoms with van der Waals surface area (Å²) in [5.74, 6) is -0.628. The third kappa shape index (κ3) is 9.06. The Bertz CT molecular complexity index is 1020. The quantitative estimate of drug-likeness (QED) is 0.358. The number of likely N-dealkylation sites (tertiary alicyclic amines) is 2. The number of carbonyl (C=O) groups excluding carboxylic acids is 3. The third-order valence-corrected chi connectivity index (χ3v) is 7.50. The van der Waals surface area contributed by atoms with Gasteiger partial charge in [0, 0.05) is 19.0 Å². The monoisotopic (exact) mass is 556 g/mol. The van der Waals surface area contributed by atoms with E-state index in [1.165, 1.54) is 0 Å². The molecule has 2 saturated heterocycles. The predicted octanol–water partition coefficient (Wildman–Crippen LogP) is 3.60. The average molecular weight is 557 g/mol. The van der Waals surface area contributed by atoms with Crippen LogP contribution in [0.3, 0.4) is 0 Å². The van der Waals surface area contributed by atoms with E-state index in [9.17, 15) is 19.5 Å². The number of benzene rings is 1. The van der Waals surface area contributed by atoms with Gasteiger partial charge in [-0.1, -0.05) is 56.3 Å². The van der Waals surface area contributed by atoms with E-state index in [0.717, 1.165) is 18.4 Å². The number of alkyl carbamates (subject to hydrolysis) is 1. The first kappa shape index (κ1) is 31.6. The van der Waals surface area contributed by atoms with E-state index in [4.69, 9.17) is 10.5 Å². The summed E-state index contributed by atoms with van der Waals surface area (Å²) in [6.07, 6.45) is 6.49. The lowest BCUT2D eigenvalue weighted by Crippen LogP contribution is -2.54. The zero-order valence-corrected chi connectivity index (χ0v) is 24.7. The molecule has 9 heteroatoms. The second-order valence-corrected chi connectivity index (χ2v) is 12.5. The Morgan fingerprint density at radius 3 is 2.35 bits per heavy atom. The highest BCUT2D eigenvalue weighted by Crippen LogP contribution is 2.29. The number of hydrogen-bond acceptors (Lipinski definition) is 6. The predicted molar refractivity (Wildman–Crippen MR) is 155 cm³/mol. The summed E-state index contributed by atoms with van der Waals surface area (Å²) in [7, 11) is 0. The largest absolute Gasteiger partial charge is 0.444 e. The van der Waals surface area contributed by atoms with Crippen molar-refractivity contribution < 1.29 is 24.2 Å². The van der Waals surface area contributed by atoms with Gasteiger partial charge in [0.1, 0.15) is 17.9 Å². The number of nitrogens with two attached hydrogens (primary N) is 1. The normalized spacial score (nSPS) is 22.4. The third-order valence-electron chi connectivity index (χ3n) is 7.50. The van der Waals surface area contributed by atoms with E-state index < -0.39 is 35.9 Å². The van der Waals surface area contributed by atoms with Gasteiger partial charge in [-0.2, -0.15) is 0 Å². The van der Waals surface area contributed by atoms with E-state index >= 15 is 0 Å². The number of nitrogens with one attached hydrogen (secondary N) is 1. The minimum Gasteiger partial charge on any atom is -0.444 e. The molecule has 1 unspecified atom stereocenters. The average Bonchev–Trinajstić information content (AvgIpc) is 3.55. The van der Waals surface area contributed by atoms with E-state index in [1.807, 2.05) is 68.2 Å². The molecular weight excluding hydrogens is 508 g/mol. The molecule has 222 valence electrons. The molecule has 1 aromatic rings. The van der Waals surface area contributed by atoms with E-state index in [0.29, 0.717) is 44.7 Å². The van der Waals surface area contributed by atoms with Gasteiger partial charge in [0.05, 0.1) is 12.1 Å². The first-order valence-corrected chi connectivity index (χ1v) is 14.6. The highest BCUT2D eigenvalue weighted by Gasteiger charge is 2.43. The van der Waals surface area contributed by atoms with Crippen LogP contribution in [-0.2, 0) is 20.7 Å². The molecule has 3 rings (SSSR count).